The van der Waals surface area contributed by atoms with Gasteiger partial charge >= 0.3 is 0 Å². The minimum Gasteiger partial charge on any atom is -0.317 e. The third-order valence-electron chi connectivity index (χ3n) is 3.68. The summed E-state index contributed by atoms with van der Waals surface area (Å²) in [6, 6.07) is 0. The van der Waals surface area contributed by atoms with Crippen molar-refractivity contribution in [1.82, 2.24) is 15.5 Å². The quantitative estimate of drug-likeness (QED) is 0.633. The molecular weight excluding hydrogens is 242 g/mol. The lowest BCUT2D eigenvalue weighted by molar-refractivity contribution is 0.583. The first-order chi connectivity index (χ1) is 8.90. The molecule has 1 N–H and O–H groups in total. The SMILES string of the molecule is CCNCCCc1nnc(C2CCCCCC2)s1. The monoisotopic (exact) mass is 267 g/mol. The van der Waals surface area contributed by atoms with Crippen molar-refractivity contribution in [1.29, 1.82) is 0 Å². The van der Waals surface area contributed by atoms with Crippen LogP contribution >= 0.6 is 11.3 Å². The van der Waals surface area contributed by atoms with Crippen molar-refractivity contribution < 1.29 is 0 Å². The molecule has 3 nitrogen and oxygen atoms in total. The van der Waals surface area contributed by atoms with Crippen LogP contribution in [0, 0.1) is 0 Å². The normalized spacial score (nSPS) is 17.8. The Labute approximate surface area is 114 Å². The van der Waals surface area contributed by atoms with Gasteiger partial charge in [-0.25, -0.2) is 0 Å². The average Bonchev–Trinajstić information content (AvgIpc) is 2.69. The summed E-state index contributed by atoms with van der Waals surface area (Å²) in [5, 5.41) is 14.7. The highest BCUT2D eigenvalue weighted by Gasteiger charge is 2.18. The third kappa shape index (κ3) is 4.32. The maximum absolute atomic E-state index is 4.43. The van der Waals surface area contributed by atoms with E-state index in [0.29, 0.717) is 5.92 Å². The molecule has 0 radical (unpaired) electrons. The van der Waals surface area contributed by atoms with Crippen molar-refractivity contribution in [3.63, 3.8) is 0 Å². The number of nitrogens with zero attached hydrogens (tertiary/aromatic N) is 2. The van der Waals surface area contributed by atoms with Crippen LogP contribution in [0.25, 0.3) is 0 Å². The standard InChI is InChI=1S/C14H25N3S/c1-2-15-11-7-10-13-16-17-14(18-13)12-8-5-3-4-6-9-12/h12,15H,2-11H2,1H3. The van der Waals surface area contributed by atoms with Crippen molar-refractivity contribution in [2.24, 2.45) is 0 Å². The smallest absolute Gasteiger partial charge is 0.120 e. The van der Waals surface area contributed by atoms with Gasteiger partial charge in [-0.3, -0.25) is 0 Å². The van der Waals surface area contributed by atoms with Crippen LogP contribution < -0.4 is 5.32 Å². The largest absolute Gasteiger partial charge is 0.317 e. The van der Waals surface area contributed by atoms with Crippen LogP contribution in [0.3, 0.4) is 0 Å². The molecule has 0 aromatic carbocycles. The Balaban J connectivity index is 1.81. The molecule has 1 aromatic rings. The zero-order valence-electron chi connectivity index (χ0n) is 11.5. The summed E-state index contributed by atoms with van der Waals surface area (Å²) in [7, 11) is 0. The molecule has 0 amide bonds. The van der Waals surface area contributed by atoms with E-state index in [1.807, 2.05) is 11.3 Å². The van der Waals surface area contributed by atoms with E-state index in [-0.39, 0.29) is 0 Å². The second-order valence-corrected chi connectivity index (χ2v) is 6.27. The Morgan fingerprint density at radius 1 is 1.17 bits per heavy atom. The van der Waals surface area contributed by atoms with E-state index in [0.717, 1.165) is 19.5 Å². The summed E-state index contributed by atoms with van der Waals surface area (Å²) in [5.41, 5.74) is 0. The highest BCUT2D eigenvalue weighted by molar-refractivity contribution is 7.11. The topological polar surface area (TPSA) is 37.8 Å². The summed E-state index contributed by atoms with van der Waals surface area (Å²) in [6.45, 7) is 4.30. The molecule has 1 aliphatic rings. The van der Waals surface area contributed by atoms with Crippen LogP contribution in [0.2, 0.25) is 0 Å². The van der Waals surface area contributed by atoms with Crippen LogP contribution in [-0.2, 0) is 6.42 Å². The minimum absolute atomic E-state index is 0.701. The van der Waals surface area contributed by atoms with Gasteiger partial charge in [0, 0.05) is 12.3 Å². The van der Waals surface area contributed by atoms with Crippen molar-refractivity contribution in [3.8, 4) is 0 Å². The Morgan fingerprint density at radius 3 is 2.67 bits per heavy atom. The van der Waals surface area contributed by atoms with Gasteiger partial charge in [0.2, 0.25) is 0 Å². The van der Waals surface area contributed by atoms with E-state index < -0.39 is 0 Å². The summed E-state index contributed by atoms with van der Waals surface area (Å²) < 4.78 is 0. The molecule has 4 heteroatoms. The molecule has 0 aliphatic heterocycles. The molecule has 0 atom stereocenters. The molecule has 1 saturated carbocycles. The molecule has 1 fully saturated rings. The van der Waals surface area contributed by atoms with Gasteiger partial charge in [0.15, 0.2) is 0 Å². The second-order valence-electron chi connectivity index (χ2n) is 5.18. The molecule has 18 heavy (non-hydrogen) atoms. The molecule has 2 rings (SSSR count). The van der Waals surface area contributed by atoms with Gasteiger partial charge in [-0.1, -0.05) is 32.6 Å². The van der Waals surface area contributed by atoms with Gasteiger partial charge in [0.25, 0.3) is 0 Å². The van der Waals surface area contributed by atoms with Crippen molar-refractivity contribution in [3.05, 3.63) is 10.0 Å². The molecule has 0 bridgehead atoms. The van der Waals surface area contributed by atoms with Crippen LogP contribution in [0.5, 0.6) is 0 Å². The minimum atomic E-state index is 0.701. The van der Waals surface area contributed by atoms with Gasteiger partial charge in [0.05, 0.1) is 0 Å². The maximum Gasteiger partial charge on any atom is 0.120 e. The van der Waals surface area contributed by atoms with Gasteiger partial charge in [-0.15, -0.1) is 21.5 Å². The number of aromatic nitrogens is 2. The number of hydrogen-bond donors (Lipinski definition) is 1. The first-order valence-electron chi connectivity index (χ1n) is 7.43. The van der Waals surface area contributed by atoms with Crippen molar-refractivity contribution in [2.45, 2.75) is 64.2 Å². The molecule has 0 unspecified atom stereocenters. The summed E-state index contributed by atoms with van der Waals surface area (Å²) in [4.78, 5) is 0. The average molecular weight is 267 g/mol. The van der Waals surface area contributed by atoms with Crippen LogP contribution in [-0.4, -0.2) is 23.3 Å². The lowest BCUT2D eigenvalue weighted by atomic mass is 10.0. The van der Waals surface area contributed by atoms with E-state index in [1.54, 1.807) is 0 Å². The fraction of sp³-hybridized carbons (Fsp3) is 0.857. The lowest BCUT2D eigenvalue weighted by Gasteiger charge is -2.08. The van der Waals surface area contributed by atoms with Gasteiger partial charge < -0.3 is 5.32 Å². The first kappa shape index (κ1) is 13.9. The molecule has 102 valence electrons. The van der Waals surface area contributed by atoms with Crippen molar-refractivity contribution >= 4 is 11.3 Å². The predicted octanol–water partition coefficient (Wildman–Crippen LogP) is 3.52. The van der Waals surface area contributed by atoms with E-state index in [1.165, 1.54) is 55.0 Å². The maximum atomic E-state index is 4.43. The highest BCUT2D eigenvalue weighted by atomic mass is 32.1. The summed E-state index contributed by atoms with van der Waals surface area (Å²) in [5.74, 6) is 0.701. The number of nitrogens with one attached hydrogen (secondary N) is 1. The van der Waals surface area contributed by atoms with E-state index in [4.69, 9.17) is 0 Å². The molecule has 1 aliphatic carbocycles. The van der Waals surface area contributed by atoms with Gasteiger partial charge in [0.1, 0.15) is 10.0 Å². The van der Waals surface area contributed by atoms with Crippen LogP contribution in [0.15, 0.2) is 0 Å². The van der Waals surface area contributed by atoms with Crippen LogP contribution in [0.1, 0.15) is 67.8 Å². The molecule has 0 spiro atoms. The fourth-order valence-electron chi connectivity index (χ4n) is 2.60. The Morgan fingerprint density at radius 2 is 1.94 bits per heavy atom. The zero-order valence-corrected chi connectivity index (χ0v) is 12.3. The van der Waals surface area contributed by atoms with Gasteiger partial charge in [-0.2, -0.15) is 0 Å². The van der Waals surface area contributed by atoms with E-state index >= 15 is 0 Å². The Hall–Kier alpha value is -0.480. The molecule has 1 aromatic heterocycles. The molecule has 0 saturated heterocycles. The number of rotatable bonds is 6. The van der Waals surface area contributed by atoms with Crippen molar-refractivity contribution in [2.75, 3.05) is 13.1 Å². The molecule has 1 heterocycles. The second kappa shape index (κ2) is 7.85. The molecular formula is C14H25N3S. The number of aryl methyl sites for hydroxylation is 1. The first-order valence-corrected chi connectivity index (χ1v) is 8.24. The lowest BCUT2D eigenvalue weighted by Crippen LogP contribution is -2.14. The van der Waals surface area contributed by atoms with E-state index in [9.17, 15) is 0 Å². The zero-order chi connectivity index (χ0) is 12.6. The Kier molecular flexibility index (Phi) is 6.08. The highest BCUT2D eigenvalue weighted by Crippen LogP contribution is 2.33. The van der Waals surface area contributed by atoms with Crippen LogP contribution in [0.4, 0.5) is 0 Å². The third-order valence-corrected chi connectivity index (χ3v) is 4.83. The predicted molar refractivity (Wildman–Crippen MR) is 77.2 cm³/mol. The number of hydrogen-bond acceptors (Lipinski definition) is 4. The Bertz CT molecular complexity index is 330. The fourth-order valence-corrected chi connectivity index (χ4v) is 3.65. The van der Waals surface area contributed by atoms with E-state index in [2.05, 4.69) is 22.4 Å². The summed E-state index contributed by atoms with van der Waals surface area (Å²) >= 11 is 1.86. The van der Waals surface area contributed by atoms with Gasteiger partial charge in [-0.05, 0) is 32.4 Å². The summed E-state index contributed by atoms with van der Waals surface area (Å²) in [6.07, 6.45) is 10.5.